The van der Waals surface area contributed by atoms with E-state index in [0.717, 1.165) is 6.42 Å². The third-order valence-electron chi connectivity index (χ3n) is 8.75. The first kappa shape index (κ1) is 39.1. The minimum Gasteiger partial charge on any atom is -0.497 e. The summed E-state index contributed by atoms with van der Waals surface area (Å²) in [6, 6.07) is 9.76. The number of hydrogen-bond donors (Lipinski definition) is 2. The van der Waals surface area contributed by atoms with Crippen LogP contribution in [-0.2, 0) is 24.8 Å². The van der Waals surface area contributed by atoms with Crippen molar-refractivity contribution in [2.24, 2.45) is 5.92 Å². The second-order valence-corrected chi connectivity index (χ2v) is 16.4. The lowest BCUT2D eigenvalue weighted by atomic mass is 10.0. The van der Waals surface area contributed by atoms with E-state index in [1.54, 1.807) is 26.8 Å². The zero-order valence-electron chi connectivity index (χ0n) is 29.6. The van der Waals surface area contributed by atoms with Crippen molar-refractivity contribution in [3.63, 3.8) is 0 Å². The fourth-order valence-corrected chi connectivity index (χ4v) is 8.28. The molecule has 14 nitrogen and oxygen atoms in total. The Kier molecular flexibility index (Phi) is 12.9. The van der Waals surface area contributed by atoms with Crippen molar-refractivity contribution in [3.8, 4) is 11.5 Å². The molecule has 0 fully saturated rings. The number of aryl methyl sites for hydroxylation is 2. The summed E-state index contributed by atoms with van der Waals surface area (Å²) in [5.41, 5.74) is 0.498. The van der Waals surface area contributed by atoms with E-state index in [0.29, 0.717) is 25.2 Å². The first-order valence-corrected chi connectivity index (χ1v) is 19.4. The topological polar surface area (TPSA) is 178 Å². The van der Waals surface area contributed by atoms with Crippen molar-refractivity contribution >= 4 is 31.6 Å². The van der Waals surface area contributed by atoms with Gasteiger partial charge in [-0.15, -0.1) is 0 Å². The molecule has 16 heteroatoms. The molecule has 2 heterocycles. The number of fused-ring (bicyclic) bond motifs is 1. The van der Waals surface area contributed by atoms with Crippen molar-refractivity contribution in [2.75, 3.05) is 45.2 Å². The molecule has 0 radical (unpaired) electrons. The molecule has 1 aliphatic rings. The summed E-state index contributed by atoms with van der Waals surface area (Å²) in [7, 11) is -5.06. The fourth-order valence-electron chi connectivity index (χ4n) is 5.77. The highest BCUT2D eigenvalue weighted by molar-refractivity contribution is 7.92. The number of amides is 1. The maximum absolute atomic E-state index is 14.4. The summed E-state index contributed by atoms with van der Waals surface area (Å²) in [4.78, 5) is 15.9. The Morgan fingerprint density at radius 1 is 1.10 bits per heavy atom. The molecule has 4 atom stereocenters. The van der Waals surface area contributed by atoms with Crippen molar-refractivity contribution in [2.45, 2.75) is 81.9 Å². The summed E-state index contributed by atoms with van der Waals surface area (Å²) in [6.07, 6.45) is 1.14. The van der Waals surface area contributed by atoms with E-state index in [2.05, 4.69) is 9.88 Å². The number of anilines is 1. The van der Waals surface area contributed by atoms with E-state index >= 15 is 0 Å². The fraction of sp³-hybridized carbons (Fsp3) is 0.529. The number of sulfonamides is 2. The Bertz CT molecular complexity index is 1810. The van der Waals surface area contributed by atoms with Gasteiger partial charge < -0.3 is 28.7 Å². The molecule has 276 valence electrons. The second-order valence-electron chi connectivity index (χ2n) is 12.7. The van der Waals surface area contributed by atoms with Crippen LogP contribution in [0.15, 0.2) is 56.8 Å². The minimum atomic E-state index is -4.03. The van der Waals surface area contributed by atoms with Gasteiger partial charge >= 0.3 is 0 Å². The molecule has 0 spiro atoms. The average molecular weight is 737 g/mol. The normalized spacial score (nSPS) is 20.5. The van der Waals surface area contributed by atoms with Crippen LogP contribution in [0.3, 0.4) is 0 Å². The summed E-state index contributed by atoms with van der Waals surface area (Å²) < 4.78 is 80.2. The maximum atomic E-state index is 14.4. The molecule has 4 rings (SSSR count). The Morgan fingerprint density at radius 3 is 2.42 bits per heavy atom. The molecule has 0 saturated heterocycles. The number of aliphatic hydroxyl groups excluding tert-OH is 1. The highest BCUT2D eigenvalue weighted by Gasteiger charge is 2.34. The van der Waals surface area contributed by atoms with Gasteiger partial charge in [-0.2, -0.15) is 4.31 Å². The van der Waals surface area contributed by atoms with E-state index in [1.165, 1.54) is 59.8 Å². The predicted molar refractivity (Wildman–Crippen MR) is 186 cm³/mol. The van der Waals surface area contributed by atoms with Gasteiger partial charge in [0.25, 0.3) is 15.9 Å². The molecule has 2 aromatic carbocycles. The monoisotopic (exact) mass is 736 g/mol. The Morgan fingerprint density at radius 2 is 1.80 bits per heavy atom. The summed E-state index contributed by atoms with van der Waals surface area (Å²) in [5, 5.41) is 14.0. The molecule has 1 aliphatic heterocycles. The van der Waals surface area contributed by atoms with Gasteiger partial charge in [0.05, 0.1) is 42.4 Å². The quantitative estimate of drug-likeness (QED) is 0.305. The van der Waals surface area contributed by atoms with Crippen LogP contribution in [0.5, 0.6) is 11.5 Å². The van der Waals surface area contributed by atoms with Gasteiger partial charge in [-0.25, -0.2) is 16.8 Å². The molecular weight excluding hydrogens is 689 g/mol. The number of ether oxygens (including phenoxy) is 3. The van der Waals surface area contributed by atoms with Crippen molar-refractivity contribution in [3.05, 3.63) is 59.5 Å². The third-order valence-corrected chi connectivity index (χ3v) is 12.2. The SMILES string of the molecule is COc1ccc(S(=O)(=O)Nc2ccc3c(c2)C(=O)N([C@H](C)CO)C[C@@H](C)[C@H](CN(C)S(=O)(=O)c2c(C)noc2C)OCCCC[C@@H](C)O3)cc1. The van der Waals surface area contributed by atoms with Crippen LogP contribution in [0.4, 0.5) is 5.69 Å². The Balaban J connectivity index is 1.68. The van der Waals surface area contributed by atoms with Gasteiger partial charge in [-0.3, -0.25) is 9.52 Å². The molecule has 0 saturated carbocycles. The molecule has 2 N–H and O–H groups in total. The lowest BCUT2D eigenvalue weighted by molar-refractivity contribution is -0.00835. The van der Waals surface area contributed by atoms with Gasteiger partial charge in [0.2, 0.25) is 10.0 Å². The Hall–Kier alpha value is -3.70. The molecule has 1 amide bonds. The van der Waals surface area contributed by atoms with Gasteiger partial charge in [0, 0.05) is 38.3 Å². The maximum Gasteiger partial charge on any atom is 0.261 e. The number of nitrogens with one attached hydrogen (secondary N) is 1. The van der Waals surface area contributed by atoms with Gasteiger partial charge in [0.15, 0.2) is 5.76 Å². The standard InChI is InChI=1S/C34H48N4O10S2/c1-22-19-38(23(2)21-39)34(40)30-18-27(36-49(41,42)29-14-12-28(45-7)13-15-29)11-16-31(30)47-24(3)10-8-9-17-46-32(22)20-37(6)50(43,44)33-25(4)35-48-26(33)5/h11-16,18,22-24,32,36,39H,8-10,17,19-21H2,1-7H3/t22-,23-,24-,32+/m1/s1. The highest BCUT2D eigenvalue weighted by atomic mass is 32.2. The van der Waals surface area contributed by atoms with Gasteiger partial charge in [-0.1, -0.05) is 12.1 Å². The third kappa shape index (κ3) is 9.15. The van der Waals surface area contributed by atoms with Gasteiger partial charge in [-0.05, 0) is 89.4 Å². The van der Waals surface area contributed by atoms with E-state index in [9.17, 15) is 26.7 Å². The van der Waals surface area contributed by atoms with Crippen LogP contribution >= 0.6 is 0 Å². The lowest BCUT2D eigenvalue weighted by Crippen LogP contribution is -2.48. The number of hydrogen-bond acceptors (Lipinski definition) is 11. The smallest absolute Gasteiger partial charge is 0.261 e. The summed E-state index contributed by atoms with van der Waals surface area (Å²) in [6.45, 7) is 8.61. The van der Waals surface area contributed by atoms with E-state index in [1.807, 2.05) is 13.8 Å². The highest BCUT2D eigenvalue weighted by Crippen LogP contribution is 2.30. The van der Waals surface area contributed by atoms with Crippen LogP contribution < -0.4 is 14.2 Å². The first-order valence-electron chi connectivity index (χ1n) is 16.5. The van der Waals surface area contributed by atoms with E-state index < -0.39 is 44.0 Å². The van der Waals surface area contributed by atoms with E-state index in [-0.39, 0.29) is 64.0 Å². The minimum absolute atomic E-state index is 0.00302. The Labute approximate surface area is 294 Å². The number of carbonyl (C=O) groups is 1. The predicted octanol–water partition coefficient (Wildman–Crippen LogP) is 4.22. The van der Waals surface area contributed by atoms with Crippen molar-refractivity contribution in [1.29, 1.82) is 0 Å². The van der Waals surface area contributed by atoms with Crippen LogP contribution in [-0.4, -0.2) is 101 Å². The van der Waals surface area contributed by atoms with Crippen LogP contribution in [0, 0.1) is 19.8 Å². The van der Waals surface area contributed by atoms with Crippen LogP contribution in [0.1, 0.15) is 61.8 Å². The zero-order valence-corrected chi connectivity index (χ0v) is 31.2. The number of aromatic nitrogens is 1. The second kappa shape index (κ2) is 16.5. The number of carbonyl (C=O) groups excluding carboxylic acids is 1. The number of methoxy groups -OCH3 is 1. The lowest BCUT2D eigenvalue weighted by Gasteiger charge is -2.35. The number of benzene rings is 2. The zero-order chi connectivity index (χ0) is 36.8. The molecule has 0 bridgehead atoms. The molecule has 1 aromatic heterocycles. The molecule has 3 aromatic rings. The van der Waals surface area contributed by atoms with E-state index in [4.69, 9.17) is 18.7 Å². The largest absolute Gasteiger partial charge is 0.497 e. The number of likely N-dealkylation sites (N-methyl/N-ethyl adjacent to an activating group) is 1. The average Bonchev–Trinajstić information content (AvgIpc) is 3.43. The van der Waals surface area contributed by atoms with Crippen molar-refractivity contribution in [1.82, 2.24) is 14.4 Å². The number of rotatable bonds is 10. The van der Waals surface area contributed by atoms with Crippen LogP contribution in [0.25, 0.3) is 0 Å². The summed E-state index contributed by atoms with van der Waals surface area (Å²) >= 11 is 0. The molecule has 0 unspecified atom stereocenters. The number of aliphatic hydroxyl groups is 1. The molecular formula is C34H48N4O10S2. The van der Waals surface area contributed by atoms with Crippen molar-refractivity contribution < 1.29 is 45.5 Å². The van der Waals surface area contributed by atoms with Crippen LogP contribution in [0.2, 0.25) is 0 Å². The van der Waals surface area contributed by atoms with Gasteiger partial charge in [0.1, 0.15) is 22.1 Å². The number of nitrogens with zero attached hydrogens (tertiary/aromatic N) is 3. The molecule has 0 aliphatic carbocycles. The summed E-state index contributed by atoms with van der Waals surface area (Å²) in [5.74, 6) is 0.0500. The first-order chi connectivity index (χ1) is 23.6. The molecule has 50 heavy (non-hydrogen) atoms.